The van der Waals surface area contributed by atoms with Crippen molar-refractivity contribution in [1.82, 2.24) is 15.1 Å². The zero-order chi connectivity index (χ0) is 27.9. The summed E-state index contributed by atoms with van der Waals surface area (Å²) in [5.41, 5.74) is 5.63. The Morgan fingerprint density at radius 1 is 1.26 bits per heavy atom. The molecule has 0 radical (unpaired) electrons. The van der Waals surface area contributed by atoms with Crippen LogP contribution in [0.1, 0.15) is 30.2 Å². The molecule has 1 atom stereocenters. The second-order valence-corrected chi connectivity index (χ2v) is 11.3. The minimum atomic E-state index is -4.27. The van der Waals surface area contributed by atoms with E-state index in [0.29, 0.717) is 35.4 Å². The van der Waals surface area contributed by atoms with E-state index < -0.39 is 38.2 Å². The van der Waals surface area contributed by atoms with E-state index in [1.165, 1.54) is 18.1 Å². The highest BCUT2D eigenvalue weighted by Gasteiger charge is 2.34. The largest absolute Gasteiger partial charge is 0.453 e. The Balaban J connectivity index is 1.55. The van der Waals surface area contributed by atoms with E-state index in [0.717, 1.165) is 11.0 Å². The lowest BCUT2D eigenvalue weighted by Crippen LogP contribution is -2.39. The number of benzene rings is 2. The third-order valence-corrected chi connectivity index (χ3v) is 8.30. The molecule has 1 fully saturated rings. The first-order chi connectivity index (χ1) is 18.6. The Bertz CT molecular complexity index is 1590. The summed E-state index contributed by atoms with van der Waals surface area (Å²) in [5, 5.41) is 9.13. The zero-order valence-electron chi connectivity index (χ0n) is 20.6. The number of anilines is 1. The quantitative estimate of drug-likeness (QED) is 0.492. The predicted molar refractivity (Wildman–Crippen MR) is 138 cm³/mol. The molecule has 14 heteroatoms. The summed E-state index contributed by atoms with van der Waals surface area (Å²) in [7, 11) is -2.98. The molecule has 0 aliphatic carbocycles. The molecule has 1 saturated heterocycles. The number of sulfone groups is 1. The molecule has 11 nitrogen and oxygen atoms in total. The van der Waals surface area contributed by atoms with Crippen molar-refractivity contribution in [3.8, 4) is 11.5 Å². The maximum Gasteiger partial charge on any atom is 0.409 e. The number of carbonyl (C=O) groups is 2. The number of nitrogens with zero attached hydrogens (tertiary/aromatic N) is 4. The number of ether oxygens (including phenoxy) is 1. The van der Waals surface area contributed by atoms with E-state index in [4.69, 9.17) is 26.5 Å². The van der Waals surface area contributed by atoms with Gasteiger partial charge in [-0.05, 0) is 42.7 Å². The molecular formula is C25H23ClFN5O6S. The van der Waals surface area contributed by atoms with Crippen molar-refractivity contribution in [2.45, 2.75) is 30.2 Å². The van der Waals surface area contributed by atoms with E-state index in [-0.39, 0.29) is 42.0 Å². The number of carbonyl (C=O) groups excluding carboxylic acids is 2. The van der Waals surface area contributed by atoms with Gasteiger partial charge in [-0.2, -0.15) is 0 Å². The molecule has 3 heterocycles. The van der Waals surface area contributed by atoms with Crippen molar-refractivity contribution in [3.63, 3.8) is 0 Å². The van der Waals surface area contributed by atoms with E-state index in [9.17, 15) is 18.0 Å². The molecule has 2 aliphatic rings. The fourth-order valence-corrected chi connectivity index (χ4v) is 6.02. The number of aromatic nitrogens is 2. The lowest BCUT2D eigenvalue weighted by atomic mass is 9.98. The van der Waals surface area contributed by atoms with Crippen LogP contribution in [0, 0.1) is 5.82 Å². The molecule has 2 amide bonds. The summed E-state index contributed by atoms with van der Waals surface area (Å²) < 4.78 is 51.9. The first kappa shape index (κ1) is 26.6. The summed E-state index contributed by atoms with van der Waals surface area (Å²) in [6.07, 6.45) is 0.864. The van der Waals surface area contributed by atoms with E-state index in [1.807, 2.05) is 0 Å². The van der Waals surface area contributed by atoms with Crippen LogP contribution in [0.4, 0.5) is 14.9 Å². The number of halogens is 2. The minimum Gasteiger partial charge on any atom is -0.453 e. The Morgan fingerprint density at radius 2 is 2.00 bits per heavy atom. The smallest absolute Gasteiger partial charge is 0.409 e. The van der Waals surface area contributed by atoms with Gasteiger partial charge >= 0.3 is 6.09 Å². The molecular weight excluding hydrogens is 553 g/mol. The molecule has 2 aliphatic heterocycles. The van der Waals surface area contributed by atoms with Crippen molar-refractivity contribution in [2.75, 3.05) is 25.1 Å². The fraction of sp³-hybridized carbons (Fsp3) is 0.280. The van der Waals surface area contributed by atoms with Crippen LogP contribution in [-0.4, -0.2) is 55.7 Å². The number of likely N-dealkylation sites (tertiary alicyclic amines) is 1. The van der Waals surface area contributed by atoms with Crippen LogP contribution in [0.5, 0.6) is 0 Å². The number of amides is 2. The Hall–Kier alpha value is -3.97. The average Bonchev–Trinajstić information content (AvgIpc) is 3.40. The number of rotatable bonds is 4. The molecule has 1 aromatic heterocycles. The van der Waals surface area contributed by atoms with Gasteiger partial charge in [0.05, 0.1) is 41.1 Å². The molecule has 39 heavy (non-hydrogen) atoms. The SMILES string of the molecule is COC(=O)N1CCCC(c2nnc(-c3cc4c(cc3F)S(=O)(=O)C=C(N)C(=O)N4Cc3ccc(Cl)cc3)o2)C1. The van der Waals surface area contributed by atoms with Gasteiger partial charge in [0, 0.05) is 18.1 Å². The number of methoxy groups -OCH3 is 1. The van der Waals surface area contributed by atoms with Crippen LogP contribution in [0.3, 0.4) is 0 Å². The van der Waals surface area contributed by atoms with Crippen molar-refractivity contribution in [3.05, 3.63) is 69.8 Å². The van der Waals surface area contributed by atoms with E-state index >= 15 is 4.39 Å². The Labute approximate surface area is 227 Å². The number of piperidine rings is 1. The topological polar surface area (TPSA) is 149 Å². The zero-order valence-corrected chi connectivity index (χ0v) is 22.2. The number of hydrogen-bond donors (Lipinski definition) is 1. The van der Waals surface area contributed by atoms with Gasteiger partial charge < -0.3 is 24.7 Å². The van der Waals surface area contributed by atoms with Crippen LogP contribution in [-0.2, 0) is 25.9 Å². The van der Waals surface area contributed by atoms with Gasteiger partial charge in [-0.15, -0.1) is 10.2 Å². The van der Waals surface area contributed by atoms with Gasteiger partial charge in [-0.25, -0.2) is 17.6 Å². The standard InChI is InChI=1S/C25H23ClFN5O6S/c1-37-25(34)31-8-2-3-15(12-31)22-29-30-23(38-22)17-9-20-21(10-18(17)27)39(35,36)13-19(28)24(33)32(20)11-14-4-6-16(26)7-5-14/h4-7,9-10,13,15H,2-3,8,11-12,28H2,1H3. The highest BCUT2D eigenvalue weighted by atomic mass is 35.5. The number of hydrogen-bond acceptors (Lipinski definition) is 9. The summed E-state index contributed by atoms with van der Waals surface area (Å²) in [6.45, 7) is 0.735. The molecule has 5 rings (SSSR count). The highest BCUT2D eigenvalue weighted by molar-refractivity contribution is 7.94. The fourth-order valence-electron chi connectivity index (χ4n) is 4.60. The molecule has 2 aromatic carbocycles. The van der Waals surface area contributed by atoms with E-state index in [2.05, 4.69) is 10.2 Å². The van der Waals surface area contributed by atoms with Crippen LogP contribution in [0.2, 0.25) is 5.02 Å². The highest BCUT2D eigenvalue weighted by Crippen LogP contribution is 2.38. The normalized spacial score (nSPS) is 18.8. The van der Waals surface area contributed by atoms with Crippen molar-refractivity contribution in [2.24, 2.45) is 5.73 Å². The third kappa shape index (κ3) is 5.19. The Kier molecular flexibility index (Phi) is 7.03. The first-order valence-corrected chi connectivity index (χ1v) is 13.8. The van der Waals surface area contributed by atoms with Crippen LogP contribution in [0.25, 0.3) is 11.5 Å². The van der Waals surface area contributed by atoms with Crippen molar-refractivity contribution >= 4 is 39.1 Å². The second-order valence-electron chi connectivity index (χ2n) is 9.14. The van der Waals surface area contributed by atoms with E-state index in [1.54, 1.807) is 24.3 Å². The van der Waals surface area contributed by atoms with Crippen molar-refractivity contribution < 1.29 is 31.6 Å². The number of nitrogens with two attached hydrogens (primary N) is 1. The molecule has 0 bridgehead atoms. The third-order valence-electron chi connectivity index (χ3n) is 6.55. The van der Waals surface area contributed by atoms with Gasteiger partial charge in [-0.1, -0.05) is 23.7 Å². The van der Waals surface area contributed by atoms with Crippen LogP contribution >= 0.6 is 11.6 Å². The maximum atomic E-state index is 15.4. The molecule has 0 saturated carbocycles. The Morgan fingerprint density at radius 3 is 2.72 bits per heavy atom. The summed E-state index contributed by atoms with van der Waals surface area (Å²) in [6, 6.07) is 8.58. The van der Waals surface area contributed by atoms with Gasteiger partial charge in [0.2, 0.25) is 15.7 Å². The summed E-state index contributed by atoms with van der Waals surface area (Å²) in [5.74, 6) is -2.03. The summed E-state index contributed by atoms with van der Waals surface area (Å²) in [4.78, 5) is 27.3. The maximum absolute atomic E-state index is 15.4. The molecule has 1 unspecified atom stereocenters. The molecule has 204 valence electrons. The number of fused-ring (bicyclic) bond motifs is 1. The van der Waals surface area contributed by atoms with Gasteiger partial charge in [0.1, 0.15) is 11.5 Å². The van der Waals surface area contributed by atoms with Crippen molar-refractivity contribution in [1.29, 1.82) is 0 Å². The average molecular weight is 576 g/mol. The predicted octanol–water partition coefficient (Wildman–Crippen LogP) is 3.60. The first-order valence-electron chi connectivity index (χ1n) is 11.9. The molecule has 0 spiro atoms. The van der Waals surface area contributed by atoms with Gasteiger partial charge in [-0.3, -0.25) is 4.79 Å². The minimum absolute atomic E-state index is 0.0708. The van der Waals surface area contributed by atoms with Gasteiger partial charge in [0.15, 0.2) is 0 Å². The van der Waals surface area contributed by atoms with Crippen LogP contribution in [0.15, 0.2) is 56.8 Å². The second kappa shape index (κ2) is 10.3. The van der Waals surface area contributed by atoms with Crippen LogP contribution < -0.4 is 10.6 Å². The lowest BCUT2D eigenvalue weighted by Gasteiger charge is -2.29. The monoisotopic (exact) mass is 575 g/mol. The lowest BCUT2D eigenvalue weighted by molar-refractivity contribution is -0.115. The van der Waals surface area contributed by atoms with Gasteiger partial charge in [0.25, 0.3) is 11.8 Å². The molecule has 3 aromatic rings. The molecule has 2 N–H and O–H groups in total. The summed E-state index contributed by atoms with van der Waals surface area (Å²) >= 11 is 5.97.